The van der Waals surface area contributed by atoms with Gasteiger partial charge < -0.3 is 9.47 Å². The summed E-state index contributed by atoms with van der Waals surface area (Å²) in [7, 11) is 0. The molecule has 1 fully saturated rings. The maximum atomic E-state index is 5.90. The third-order valence-electron chi connectivity index (χ3n) is 1.43. The number of allylic oxidation sites excluding steroid dienone is 2. The van der Waals surface area contributed by atoms with Gasteiger partial charge in [-0.05, 0) is 12.5 Å². The first-order valence-corrected chi connectivity index (χ1v) is 4.01. The summed E-state index contributed by atoms with van der Waals surface area (Å²) in [5, 5.41) is 0.486. The molecule has 0 N–H and O–H groups in total. The smallest absolute Gasteiger partial charge is 0.179 e. The van der Waals surface area contributed by atoms with Gasteiger partial charge in [0, 0.05) is 0 Å². The molecule has 0 saturated carbocycles. The van der Waals surface area contributed by atoms with Crippen molar-refractivity contribution in [3.63, 3.8) is 0 Å². The van der Waals surface area contributed by atoms with Crippen LogP contribution in [0.3, 0.4) is 0 Å². The molecule has 1 rings (SSSR count). The minimum Gasteiger partial charge on any atom is -0.487 e. The Bertz CT molecular complexity index is 253. The summed E-state index contributed by atoms with van der Waals surface area (Å²) in [6.07, 6.45) is 0. The molecule has 0 radical (unpaired) electrons. The van der Waals surface area contributed by atoms with E-state index >= 15 is 0 Å². The van der Waals surface area contributed by atoms with Gasteiger partial charge in [-0.3, -0.25) is 0 Å². The van der Waals surface area contributed by atoms with Gasteiger partial charge in [-0.25, -0.2) is 0 Å². The molecular formula is C9H11ClO2. The van der Waals surface area contributed by atoms with Crippen LogP contribution in [0, 0.1) is 0 Å². The van der Waals surface area contributed by atoms with Crippen molar-refractivity contribution >= 4 is 11.6 Å². The normalized spacial score (nSPS) is 21.0. The monoisotopic (exact) mass is 186 g/mol. The quantitative estimate of drug-likeness (QED) is 0.627. The first-order chi connectivity index (χ1) is 5.63. The number of halogens is 1. The molecule has 1 heterocycles. The van der Waals surface area contributed by atoms with Crippen molar-refractivity contribution in [1.29, 1.82) is 0 Å². The molecule has 0 spiro atoms. The third kappa shape index (κ3) is 1.83. The van der Waals surface area contributed by atoms with Gasteiger partial charge in [-0.1, -0.05) is 24.8 Å². The fourth-order valence-electron chi connectivity index (χ4n) is 0.834. The maximum absolute atomic E-state index is 5.90. The second-order valence-electron chi connectivity index (χ2n) is 2.54. The van der Waals surface area contributed by atoms with Crippen LogP contribution in [-0.2, 0) is 9.47 Å². The average Bonchev–Trinajstić information content (AvgIpc) is 2.04. The van der Waals surface area contributed by atoms with Crippen molar-refractivity contribution in [2.24, 2.45) is 0 Å². The molecule has 1 aliphatic rings. The Morgan fingerprint density at radius 2 is 2.00 bits per heavy atom. The van der Waals surface area contributed by atoms with E-state index in [1.165, 1.54) is 0 Å². The summed E-state index contributed by atoms with van der Waals surface area (Å²) < 4.78 is 10.4. The summed E-state index contributed by atoms with van der Waals surface area (Å²) in [6, 6.07) is 0. The lowest BCUT2D eigenvalue weighted by Crippen LogP contribution is -2.14. The van der Waals surface area contributed by atoms with Gasteiger partial charge in [0.15, 0.2) is 11.5 Å². The molecule has 12 heavy (non-hydrogen) atoms. The summed E-state index contributed by atoms with van der Waals surface area (Å²) >= 11 is 5.90. The molecule has 0 aromatic heterocycles. The second kappa shape index (κ2) is 3.68. The largest absolute Gasteiger partial charge is 0.487 e. The van der Waals surface area contributed by atoms with E-state index in [2.05, 4.69) is 13.2 Å². The van der Waals surface area contributed by atoms with E-state index in [1.54, 1.807) is 6.92 Å². The molecule has 0 atom stereocenters. The Hall–Kier alpha value is -0.890. The molecular weight excluding hydrogens is 176 g/mol. The van der Waals surface area contributed by atoms with Crippen LogP contribution < -0.4 is 0 Å². The van der Waals surface area contributed by atoms with Crippen molar-refractivity contribution < 1.29 is 9.47 Å². The molecule has 1 saturated heterocycles. The maximum Gasteiger partial charge on any atom is 0.179 e. The topological polar surface area (TPSA) is 18.5 Å². The van der Waals surface area contributed by atoms with Gasteiger partial charge in [-0.15, -0.1) is 0 Å². The van der Waals surface area contributed by atoms with Crippen LogP contribution in [0.15, 0.2) is 35.3 Å². The zero-order valence-electron chi connectivity index (χ0n) is 7.02. The van der Waals surface area contributed by atoms with E-state index in [1.807, 2.05) is 0 Å². The van der Waals surface area contributed by atoms with Crippen LogP contribution in [0.25, 0.3) is 0 Å². The summed E-state index contributed by atoms with van der Waals surface area (Å²) in [5.74, 6) is 0.990. The fraction of sp³-hybridized carbons (Fsp3) is 0.333. The van der Waals surface area contributed by atoms with E-state index in [-0.39, 0.29) is 0 Å². The Kier molecular flexibility index (Phi) is 2.82. The van der Waals surface area contributed by atoms with Gasteiger partial charge in [-0.2, -0.15) is 0 Å². The predicted molar refractivity (Wildman–Crippen MR) is 48.7 cm³/mol. The van der Waals surface area contributed by atoms with Gasteiger partial charge in [0.05, 0.1) is 5.03 Å². The molecule has 2 nitrogen and oxygen atoms in total. The highest BCUT2D eigenvalue weighted by molar-refractivity contribution is 6.32. The Balaban J connectivity index is 2.90. The highest BCUT2D eigenvalue weighted by Gasteiger charge is 2.16. The number of rotatable bonds is 1. The Morgan fingerprint density at radius 1 is 1.42 bits per heavy atom. The number of ether oxygens (including phenoxy) is 2. The lowest BCUT2D eigenvalue weighted by atomic mass is 10.2. The zero-order chi connectivity index (χ0) is 9.14. The molecule has 0 aromatic rings. The van der Waals surface area contributed by atoms with Crippen LogP contribution in [0.5, 0.6) is 0 Å². The van der Waals surface area contributed by atoms with Crippen LogP contribution in [0.1, 0.15) is 6.92 Å². The number of hydrogen-bond donors (Lipinski definition) is 0. The SMILES string of the molecule is C=C(C)/C(Cl)=C1/OCCOC1=C. The summed E-state index contributed by atoms with van der Waals surface area (Å²) in [6.45, 7) is 10.2. The van der Waals surface area contributed by atoms with Crippen molar-refractivity contribution in [3.8, 4) is 0 Å². The van der Waals surface area contributed by atoms with E-state index in [9.17, 15) is 0 Å². The lowest BCUT2D eigenvalue weighted by molar-refractivity contribution is 0.0599. The molecule has 1 aliphatic heterocycles. The van der Waals surface area contributed by atoms with Crippen LogP contribution in [0.2, 0.25) is 0 Å². The van der Waals surface area contributed by atoms with E-state index in [0.717, 1.165) is 5.57 Å². The highest BCUT2D eigenvalue weighted by atomic mass is 35.5. The molecule has 0 aromatic carbocycles. The van der Waals surface area contributed by atoms with E-state index in [4.69, 9.17) is 21.1 Å². The molecule has 66 valence electrons. The first kappa shape index (κ1) is 9.20. The van der Waals surface area contributed by atoms with Crippen molar-refractivity contribution in [3.05, 3.63) is 35.3 Å². The molecule has 0 unspecified atom stereocenters. The lowest BCUT2D eigenvalue weighted by Gasteiger charge is -2.20. The minimum absolute atomic E-state index is 0.481. The average molecular weight is 187 g/mol. The minimum atomic E-state index is 0.481. The second-order valence-corrected chi connectivity index (χ2v) is 2.92. The van der Waals surface area contributed by atoms with Gasteiger partial charge in [0.1, 0.15) is 13.2 Å². The molecule has 3 heteroatoms. The Morgan fingerprint density at radius 3 is 2.50 bits per heavy atom. The van der Waals surface area contributed by atoms with E-state index in [0.29, 0.717) is 29.8 Å². The van der Waals surface area contributed by atoms with Crippen LogP contribution in [-0.4, -0.2) is 13.2 Å². The third-order valence-corrected chi connectivity index (χ3v) is 1.93. The zero-order valence-corrected chi connectivity index (χ0v) is 7.78. The van der Waals surface area contributed by atoms with Crippen LogP contribution >= 0.6 is 11.6 Å². The first-order valence-electron chi connectivity index (χ1n) is 3.63. The highest BCUT2D eigenvalue weighted by Crippen LogP contribution is 2.26. The van der Waals surface area contributed by atoms with Crippen molar-refractivity contribution in [2.45, 2.75) is 6.92 Å². The van der Waals surface area contributed by atoms with Crippen LogP contribution in [0.4, 0.5) is 0 Å². The summed E-state index contributed by atoms with van der Waals surface area (Å²) in [5.41, 5.74) is 0.748. The van der Waals surface area contributed by atoms with Crippen molar-refractivity contribution in [1.82, 2.24) is 0 Å². The number of hydrogen-bond acceptors (Lipinski definition) is 2. The summed E-state index contributed by atoms with van der Waals surface area (Å²) in [4.78, 5) is 0. The molecule has 0 amide bonds. The van der Waals surface area contributed by atoms with Gasteiger partial charge in [0.2, 0.25) is 0 Å². The predicted octanol–water partition coefficient (Wildman–Crippen LogP) is 2.57. The van der Waals surface area contributed by atoms with Gasteiger partial charge in [0.25, 0.3) is 0 Å². The van der Waals surface area contributed by atoms with Gasteiger partial charge >= 0.3 is 0 Å². The van der Waals surface area contributed by atoms with Crippen molar-refractivity contribution in [2.75, 3.05) is 13.2 Å². The fourth-order valence-corrected chi connectivity index (χ4v) is 0.994. The molecule has 0 bridgehead atoms. The standard InChI is InChI=1S/C9H11ClO2/c1-6(2)8(10)9-7(3)11-4-5-12-9/h1,3-5H2,2H3/b9-8-. The molecule has 0 aliphatic carbocycles. The van der Waals surface area contributed by atoms with E-state index < -0.39 is 0 Å². The Labute approximate surface area is 77.1 Å².